The number of nitrogens with one attached hydrogen (secondary N) is 1. The van der Waals surface area contributed by atoms with Gasteiger partial charge in [-0.3, -0.25) is 9.69 Å². The Morgan fingerprint density at radius 3 is 2.12 bits per heavy atom. The van der Waals surface area contributed by atoms with Gasteiger partial charge < -0.3 is 14.6 Å². The molecular formula is C29H27BrF3N5O2. The zero-order valence-electron chi connectivity index (χ0n) is 21.4. The van der Waals surface area contributed by atoms with Crippen molar-refractivity contribution in [1.29, 1.82) is 0 Å². The van der Waals surface area contributed by atoms with Gasteiger partial charge in [0.05, 0.1) is 22.8 Å². The Labute approximate surface area is 237 Å². The summed E-state index contributed by atoms with van der Waals surface area (Å²) in [6.45, 7) is 2.06. The van der Waals surface area contributed by atoms with Crippen molar-refractivity contribution in [3.05, 3.63) is 106 Å². The number of carbonyl (C=O) groups excluding carboxylic acids is 1. The van der Waals surface area contributed by atoms with Crippen molar-refractivity contribution in [3.8, 4) is 0 Å². The first-order valence-electron chi connectivity index (χ1n) is 13.1. The van der Waals surface area contributed by atoms with Gasteiger partial charge in [-0.15, -0.1) is 0 Å². The van der Waals surface area contributed by atoms with Crippen LogP contribution in [0, 0.1) is 0 Å². The molecule has 208 valence electrons. The minimum atomic E-state index is -4.55. The summed E-state index contributed by atoms with van der Waals surface area (Å²) in [5, 5.41) is 7.28. The number of halogens is 4. The molecule has 4 heterocycles. The van der Waals surface area contributed by atoms with Crippen LogP contribution in [0.25, 0.3) is 0 Å². The van der Waals surface area contributed by atoms with Crippen molar-refractivity contribution in [1.82, 2.24) is 19.6 Å². The van der Waals surface area contributed by atoms with Gasteiger partial charge in [0.25, 0.3) is 5.91 Å². The number of hydrogen-bond donors (Lipinski definition) is 1. The van der Waals surface area contributed by atoms with E-state index in [2.05, 4.69) is 55.5 Å². The molecule has 2 aromatic carbocycles. The highest BCUT2D eigenvalue weighted by Gasteiger charge is 2.48. The van der Waals surface area contributed by atoms with E-state index < -0.39 is 24.2 Å². The third kappa shape index (κ3) is 5.03. The number of aromatic nitrogens is 2. The van der Waals surface area contributed by atoms with E-state index >= 15 is 0 Å². The molecule has 2 aromatic heterocycles. The molecule has 40 heavy (non-hydrogen) atoms. The minimum Gasteiger partial charge on any atom is -0.467 e. The number of furan rings is 1. The van der Waals surface area contributed by atoms with Crippen molar-refractivity contribution in [2.24, 2.45) is 0 Å². The Balaban J connectivity index is 1.23. The van der Waals surface area contributed by atoms with Gasteiger partial charge in [0, 0.05) is 32.6 Å². The Morgan fingerprint density at radius 1 is 0.950 bits per heavy atom. The topological polar surface area (TPSA) is 66.5 Å². The standard InChI is InChI=1S/C29H27BrF3N5O2/c30-24-25(35-38-23(29(31,32)33)18-21(34-27(24)38)22-12-7-17-40-22)28(39)37-15-13-36(14-16-37)26(19-8-3-1-4-9-19)20-10-5-2-6-11-20/h1-12,17,21,23,26,34H,13-16,18H2/t21-,23+/m0/s1. The number of alkyl halides is 3. The van der Waals surface area contributed by atoms with E-state index in [0.717, 1.165) is 15.8 Å². The van der Waals surface area contributed by atoms with Gasteiger partial charge in [-0.2, -0.15) is 18.3 Å². The Hall–Kier alpha value is -3.57. The van der Waals surface area contributed by atoms with Crippen LogP contribution >= 0.6 is 15.9 Å². The molecule has 1 amide bonds. The third-order valence-corrected chi connectivity index (χ3v) is 8.33. The zero-order valence-corrected chi connectivity index (χ0v) is 23.0. The van der Waals surface area contributed by atoms with Crippen LogP contribution in [-0.2, 0) is 0 Å². The van der Waals surface area contributed by atoms with Crippen LogP contribution in [0.4, 0.5) is 19.0 Å². The van der Waals surface area contributed by atoms with Crippen LogP contribution in [-0.4, -0.2) is 57.8 Å². The van der Waals surface area contributed by atoms with E-state index in [1.165, 1.54) is 6.26 Å². The quantitative estimate of drug-likeness (QED) is 0.280. The highest BCUT2D eigenvalue weighted by Crippen LogP contribution is 2.46. The first-order valence-corrected chi connectivity index (χ1v) is 13.9. The molecule has 0 unspecified atom stereocenters. The fourth-order valence-electron chi connectivity index (χ4n) is 5.62. The number of hydrogen-bond acceptors (Lipinski definition) is 5. The largest absolute Gasteiger partial charge is 0.467 e. The van der Waals surface area contributed by atoms with Crippen molar-refractivity contribution < 1.29 is 22.4 Å². The van der Waals surface area contributed by atoms with Crippen LogP contribution in [0.15, 0.2) is 87.9 Å². The van der Waals surface area contributed by atoms with Gasteiger partial charge in [0.2, 0.25) is 0 Å². The smallest absolute Gasteiger partial charge is 0.410 e. The number of anilines is 1. The molecule has 7 nitrogen and oxygen atoms in total. The van der Waals surface area contributed by atoms with Crippen molar-refractivity contribution in [2.45, 2.75) is 30.7 Å². The van der Waals surface area contributed by atoms with Gasteiger partial charge in [-0.25, -0.2) is 4.68 Å². The second-order valence-corrected chi connectivity index (χ2v) is 10.8. The summed E-state index contributed by atoms with van der Waals surface area (Å²) in [4.78, 5) is 17.6. The van der Waals surface area contributed by atoms with Crippen LogP contribution in [0.2, 0.25) is 0 Å². The lowest BCUT2D eigenvalue weighted by molar-refractivity contribution is -0.174. The molecule has 2 aliphatic rings. The monoisotopic (exact) mass is 613 g/mol. The number of nitrogens with zero attached hydrogens (tertiary/aromatic N) is 4. The maximum atomic E-state index is 14.1. The molecule has 1 saturated heterocycles. The Kier molecular flexibility index (Phi) is 7.18. The number of rotatable bonds is 5. The van der Waals surface area contributed by atoms with Crippen molar-refractivity contribution in [3.63, 3.8) is 0 Å². The average Bonchev–Trinajstić information content (AvgIpc) is 3.62. The maximum absolute atomic E-state index is 14.1. The van der Waals surface area contributed by atoms with E-state index in [0.29, 0.717) is 31.9 Å². The molecule has 11 heteroatoms. The summed E-state index contributed by atoms with van der Waals surface area (Å²) >= 11 is 3.38. The molecule has 1 fully saturated rings. The summed E-state index contributed by atoms with van der Waals surface area (Å²) in [7, 11) is 0. The SMILES string of the molecule is O=C(c1nn2c(c1Br)N[C@H](c1ccco1)C[C@@H]2C(F)(F)F)N1CCN(C(c2ccccc2)c2ccccc2)CC1. The maximum Gasteiger partial charge on any atom is 0.410 e. The van der Waals surface area contributed by atoms with E-state index in [1.807, 2.05) is 36.4 Å². The van der Waals surface area contributed by atoms with Gasteiger partial charge in [-0.1, -0.05) is 60.7 Å². The molecular weight excluding hydrogens is 587 g/mol. The third-order valence-electron chi connectivity index (χ3n) is 7.58. The summed E-state index contributed by atoms with van der Waals surface area (Å²) in [5.41, 5.74) is 2.29. The van der Waals surface area contributed by atoms with E-state index in [4.69, 9.17) is 4.42 Å². The normalized spacial score (nSPS) is 19.9. The summed E-state index contributed by atoms with van der Waals surface area (Å²) in [5.74, 6) is 0.107. The van der Waals surface area contributed by atoms with E-state index in [1.54, 1.807) is 17.0 Å². The fourth-order valence-corrected chi connectivity index (χ4v) is 6.16. The predicted molar refractivity (Wildman–Crippen MR) is 147 cm³/mol. The lowest BCUT2D eigenvalue weighted by Gasteiger charge is -2.39. The molecule has 2 aliphatic heterocycles. The highest BCUT2D eigenvalue weighted by molar-refractivity contribution is 9.10. The fraction of sp³-hybridized carbons (Fsp3) is 0.310. The second kappa shape index (κ2) is 10.8. The zero-order chi connectivity index (χ0) is 27.9. The van der Waals surface area contributed by atoms with Crippen LogP contribution in [0.3, 0.4) is 0 Å². The first-order chi connectivity index (χ1) is 19.3. The van der Waals surface area contributed by atoms with Crippen molar-refractivity contribution >= 4 is 27.7 Å². The Morgan fingerprint density at radius 2 is 1.57 bits per heavy atom. The van der Waals surface area contributed by atoms with Crippen molar-refractivity contribution in [2.75, 3.05) is 31.5 Å². The van der Waals surface area contributed by atoms with Gasteiger partial charge in [0.15, 0.2) is 11.7 Å². The Bertz CT molecular complexity index is 1410. The summed E-state index contributed by atoms with van der Waals surface area (Å²) in [6.07, 6.45) is -3.43. The molecule has 6 rings (SSSR count). The minimum absolute atomic E-state index is 0.0292. The lowest BCUT2D eigenvalue weighted by Crippen LogP contribution is -2.50. The number of fused-ring (bicyclic) bond motifs is 1. The highest BCUT2D eigenvalue weighted by atomic mass is 79.9. The molecule has 0 saturated carbocycles. The van der Waals surface area contributed by atoms with Gasteiger partial charge in [0.1, 0.15) is 11.6 Å². The number of carbonyl (C=O) groups is 1. The number of benzene rings is 2. The van der Waals surface area contributed by atoms with Crippen LogP contribution < -0.4 is 5.32 Å². The second-order valence-electron chi connectivity index (χ2n) is 10.0. The lowest BCUT2D eigenvalue weighted by atomic mass is 9.96. The number of piperazine rings is 1. The average molecular weight is 614 g/mol. The van der Waals surface area contributed by atoms with E-state index in [-0.39, 0.29) is 28.4 Å². The van der Waals surface area contributed by atoms with Crippen LogP contribution in [0.5, 0.6) is 0 Å². The molecule has 4 aromatic rings. The molecule has 0 spiro atoms. The molecule has 2 atom stereocenters. The predicted octanol–water partition coefficient (Wildman–Crippen LogP) is 6.45. The molecule has 0 aliphatic carbocycles. The first kappa shape index (κ1) is 26.6. The molecule has 0 radical (unpaired) electrons. The molecule has 1 N–H and O–H groups in total. The summed E-state index contributed by atoms with van der Waals surface area (Å²) < 4.78 is 48.8. The van der Waals surface area contributed by atoms with Gasteiger partial charge >= 0.3 is 6.18 Å². The molecule has 0 bridgehead atoms. The van der Waals surface area contributed by atoms with Gasteiger partial charge in [-0.05, 0) is 39.2 Å². The van der Waals surface area contributed by atoms with E-state index in [9.17, 15) is 18.0 Å². The van der Waals surface area contributed by atoms with Crippen LogP contribution in [0.1, 0.15) is 51.9 Å². The number of amides is 1. The summed E-state index contributed by atoms with van der Waals surface area (Å²) in [6, 6.07) is 21.1.